The van der Waals surface area contributed by atoms with Crippen LogP contribution < -0.4 is 4.72 Å². The van der Waals surface area contributed by atoms with Gasteiger partial charge in [0.1, 0.15) is 5.82 Å². The first-order chi connectivity index (χ1) is 8.36. The van der Waals surface area contributed by atoms with Crippen LogP contribution in [-0.2, 0) is 26.6 Å². The number of ether oxygens (including phenoxy) is 1. The van der Waals surface area contributed by atoms with Gasteiger partial charge >= 0.3 is 5.97 Å². The molecule has 1 rings (SSSR count). The van der Waals surface area contributed by atoms with Gasteiger partial charge in [0.2, 0.25) is 0 Å². The zero-order valence-electron chi connectivity index (χ0n) is 10.6. The molecule has 1 aromatic heterocycles. The molecular formula is C10H17N3O4S. The number of esters is 1. The first kappa shape index (κ1) is 14.7. The van der Waals surface area contributed by atoms with Crippen molar-refractivity contribution in [2.45, 2.75) is 25.3 Å². The molecule has 0 bridgehead atoms. The zero-order valence-corrected chi connectivity index (χ0v) is 11.5. The summed E-state index contributed by atoms with van der Waals surface area (Å²) in [5.41, 5.74) is 0. The number of rotatable bonds is 6. The highest BCUT2D eigenvalue weighted by atomic mass is 32.2. The SMILES string of the molecule is CCOC(=O)CCNS(=O)(=O)c1cn(C)c(C)n1. The number of aryl methyl sites for hydroxylation is 2. The Morgan fingerprint density at radius 1 is 1.56 bits per heavy atom. The highest BCUT2D eigenvalue weighted by Gasteiger charge is 2.18. The topological polar surface area (TPSA) is 90.3 Å². The van der Waals surface area contributed by atoms with Crippen molar-refractivity contribution in [1.29, 1.82) is 0 Å². The average Bonchev–Trinajstić information content (AvgIpc) is 2.60. The van der Waals surface area contributed by atoms with E-state index in [1.165, 1.54) is 6.20 Å². The fourth-order valence-electron chi connectivity index (χ4n) is 1.25. The summed E-state index contributed by atoms with van der Waals surface area (Å²) in [7, 11) is -1.95. The zero-order chi connectivity index (χ0) is 13.8. The number of aromatic nitrogens is 2. The minimum atomic E-state index is -3.66. The van der Waals surface area contributed by atoms with Gasteiger partial charge in [0, 0.05) is 19.8 Å². The highest BCUT2D eigenvalue weighted by molar-refractivity contribution is 7.89. The molecule has 0 aliphatic rings. The van der Waals surface area contributed by atoms with E-state index < -0.39 is 16.0 Å². The van der Waals surface area contributed by atoms with Crippen molar-refractivity contribution in [1.82, 2.24) is 14.3 Å². The molecule has 0 radical (unpaired) electrons. The summed E-state index contributed by atoms with van der Waals surface area (Å²) >= 11 is 0. The first-order valence-corrected chi connectivity index (χ1v) is 7.00. The van der Waals surface area contributed by atoms with Crippen molar-refractivity contribution < 1.29 is 17.9 Å². The third-order valence-corrected chi connectivity index (χ3v) is 3.62. The Bertz CT molecular complexity index is 502. The van der Waals surface area contributed by atoms with E-state index >= 15 is 0 Å². The van der Waals surface area contributed by atoms with E-state index in [1.54, 1.807) is 25.5 Å². The van der Waals surface area contributed by atoms with Crippen molar-refractivity contribution in [2.75, 3.05) is 13.2 Å². The highest BCUT2D eigenvalue weighted by Crippen LogP contribution is 2.07. The number of imidazole rings is 1. The van der Waals surface area contributed by atoms with Crippen molar-refractivity contribution in [2.24, 2.45) is 7.05 Å². The number of nitrogens with zero attached hydrogens (tertiary/aromatic N) is 2. The van der Waals surface area contributed by atoms with Gasteiger partial charge in [0.05, 0.1) is 13.0 Å². The summed E-state index contributed by atoms with van der Waals surface area (Å²) in [6, 6.07) is 0. The second kappa shape index (κ2) is 5.96. The molecule has 0 aromatic carbocycles. The molecule has 0 spiro atoms. The predicted octanol–water partition coefficient (Wildman–Crippen LogP) is -0.0400. The summed E-state index contributed by atoms with van der Waals surface area (Å²) in [5.74, 6) is 0.165. The molecule has 1 N–H and O–H groups in total. The van der Waals surface area contributed by atoms with Crippen LogP contribution >= 0.6 is 0 Å². The lowest BCUT2D eigenvalue weighted by molar-refractivity contribution is -0.142. The third-order valence-electron chi connectivity index (χ3n) is 2.29. The number of nitrogens with one attached hydrogen (secondary N) is 1. The normalized spacial score (nSPS) is 11.5. The van der Waals surface area contributed by atoms with Crippen LogP contribution in [0.5, 0.6) is 0 Å². The van der Waals surface area contributed by atoms with Crippen LogP contribution in [0.2, 0.25) is 0 Å². The molecule has 7 nitrogen and oxygen atoms in total. The van der Waals surface area contributed by atoms with Crippen molar-refractivity contribution >= 4 is 16.0 Å². The first-order valence-electron chi connectivity index (χ1n) is 5.52. The molecule has 1 aromatic rings. The predicted molar refractivity (Wildman–Crippen MR) is 64.4 cm³/mol. The van der Waals surface area contributed by atoms with Gasteiger partial charge in [-0.25, -0.2) is 18.1 Å². The molecule has 0 unspecified atom stereocenters. The quantitative estimate of drug-likeness (QED) is 0.736. The lowest BCUT2D eigenvalue weighted by Crippen LogP contribution is -2.27. The van der Waals surface area contributed by atoms with Crippen LogP contribution in [0.15, 0.2) is 11.2 Å². The molecule has 18 heavy (non-hydrogen) atoms. The van der Waals surface area contributed by atoms with Crippen LogP contribution in [0, 0.1) is 6.92 Å². The molecule has 102 valence electrons. The van der Waals surface area contributed by atoms with Crippen LogP contribution in [0.3, 0.4) is 0 Å². The number of sulfonamides is 1. The summed E-state index contributed by atoms with van der Waals surface area (Å²) in [6.07, 6.45) is 1.42. The van der Waals surface area contributed by atoms with Crippen LogP contribution in [0.1, 0.15) is 19.2 Å². The number of carbonyl (C=O) groups excluding carboxylic acids is 1. The summed E-state index contributed by atoms with van der Waals surface area (Å²) in [5, 5.41) is -0.0497. The maximum absolute atomic E-state index is 11.8. The van der Waals surface area contributed by atoms with Crippen molar-refractivity contribution in [3.05, 3.63) is 12.0 Å². The lowest BCUT2D eigenvalue weighted by Gasteiger charge is -2.03. The third kappa shape index (κ3) is 3.81. The van der Waals surface area contributed by atoms with Gasteiger partial charge in [0.15, 0.2) is 5.03 Å². The molecule has 1 heterocycles. The Morgan fingerprint density at radius 2 is 2.22 bits per heavy atom. The number of hydrogen-bond donors (Lipinski definition) is 1. The molecule has 0 amide bonds. The molecule has 0 atom stereocenters. The molecule has 0 saturated carbocycles. The lowest BCUT2D eigenvalue weighted by atomic mass is 10.4. The smallest absolute Gasteiger partial charge is 0.307 e. The Morgan fingerprint density at radius 3 is 2.72 bits per heavy atom. The van der Waals surface area contributed by atoms with Crippen LogP contribution in [-0.4, -0.2) is 37.1 Å². The minimum absolute atomic E-state index is 0.00111. The van der Waals surface area contributed by atoms with E-state index in [2.05, 4.69) is 9.71 Å². The molecular weight excluding hydrogens is 258 g/mol. The Kier molecular flexibility index (Phi) is 4.85. The second-order valence-electron chi connectivity index (χ2n) is 3.69. The van der Waals surface area contributed by atoms with E-state index in [1.807, 2.05) is 0 Å². The summed E-state index contributed by atoms with van der Waals surface area (Å²) < 4.78 is 32.2. The van der Waals surface area contributed by atoms with Gasteiger partial charge in [-0.15, -0.1) is 0 Å². The van der Waals surface area contributed by atoms with E-state index in [0.717, 1.165) is 0 Å². The van der Waals surface area contributed by atoms with Gasteiger partial charge < -0.3 is 9.30 Å². The molecule has 0 fully saturated rings. The van der Waals surface area contributed by atoms with E-state index in [4.69, 9.17) is 4.74 Å². The maximum atomic E-state index is 11.8. The average molecular weight is 275 g/mol. The van der Waals surface area contributed by atoms with Gasteiger partial charge in [-0.05, 0) is 13.8 Å². The Balaban J connectivity index is 2.58. The minimum Gasteiger partial charge on any atom is -0.466 e. The Labute approximate surface area is 106 Å². The van der Waals surface area contributed by atoms with Crippen molar-refractivity contribution in [3.8, 4) is 0 Å². The summed E-state index contributed by atoms with van der Waals surface area (Å²) in [6.45, 7) is 3.68. The van der Waals surface area contributed by atoms with E-state index in [9.17, 15) is 13.2 Å². The number of hydrogen-bond acceptors (Lipinski definition) is 5. The second-order valence-corrected chi connectivity index (χ2v) is 5.40. The molecule has 0 aliphatic heterocycles. The standard InChI is InChI=1S/C10H17N3O4S/c1-4-17-10(14)5-6-11-18(15,16)9-7-13(3)8(2)12-9/h7,11H,4-6H2,1-3H3. The molecule has 0 aliphatic carbocycles. The van der Waals surface area contributed by atoms with Gasteiger partial charge in [0.25, 0.3) is 10.0 Å². The Hall–Kier alpha value is -1.41. The van der Waals surface area contributed by atoms with Gasteiger partial charge in [-0.1, -0.05) is 0 Å². The maximum Gasteiger partial charge on any atom is 0.307 e. The van der Waals surface area contributed by atoms with E-state index in [-0.39, 0.29) is 24.6 Å². The summed E-state index contributed by atoms with van der Waals surface area (Å²) in [4.78, 5) is 15.0. The van der Waals surface area contributed by atoms with Gasteiger partial charge in [-0.2, -0.15) is 0 Å². The fourth-order valence-corrected chi connectivity index (χ4v) is 2.32. The fraction of sp³-hybridized carbons (Fsp3) is 0.600. The van der Waals surface area contributed by atoms with Gasteiger partial charge in [-0.3, -0.25) is 4.79 Å². The molecule has 0 saturated heterocycles. The largest absolute Gasteiger partial charge is 0.466 e. The van der Waals surface area contributed by atoms with Crippen LogP contribution in [0.4, 0.5) is 0 Å². The van der Waals surface area contributed by atoms with Crippen LogP contribution in [0.25, 0.3) is 0 Å². The monoisotopic (exact) mass is 275 g/mol. The van der Waals surface area contributed by atoms with E-state index in [0.29, 0.717) is 5.82 Å². The van der Waals surface area contributed by atoms with Crippen molar-refractivity contribution in [3.63, 3.8) is 0 Å². The molecule has 8 heteroatoms. The number of carbonyl (C=O) groups is 1.